The van der Waals surface area contributed by atoms with E-state index in [-0.39, 0.29) is 5.91 Å². The molecular weight excluding hydrogens is 198 g/mol. The van der Waals surface area contributed by atoms with Crippen LogP contribution in [-0.4, -0.2) is 5.91 Å². The molecule has 1 aromatic rings. The highest BCUT2D eigenvalue weighted by molar-refractivity contribution is 7.74. The highest BCUT2D eigenvalue weighted by atomic mass is 35.5. The maximum absolute atomic E-state index is 11.2. The van der Waals surface area contributed by atoms with E-state index in [9.17, 15) is 4.79 Å². The van der Waals surface area contributed by atoms with Crippen LogP contribution in [0.5, 0.6) is 0 Å². The number of carbonyl (C=O) groups excluding carboxylic acids is 1. The zero-order valence-corrected chi connectivity index (χ0v) is 7.68. The van der Waals surface area contributed by atoms with E-state index in [4.69, 9.17) is 11.6 Å². The first kappa shape index (κ1) is 9.54. The third kappa shape index (κ3) is 2.22. The molecule has 0 aliphatic rings. The number of quaternary nitrogens is 1. The zero-order valence-electron chi connectivity index (χ0n) is 6.03. The molecular formula is C7H7ClNO2S+. The van der Waals surface area contributed by atoms with Crippen LogP contribution in [0.4, 0.5) is 0 Å². The maximum atomic E-state index is 11.2. The Hall–Kier alpha value is -0.550. The van der Waals surface area contributed by atoms with E-state index in [2.05, 4.69) is 17.2 Å². The van der Waals surface area contributed by atoms with Crippen molar-refractivity contribution in [2.75, 3.05) is 0 Å². The van der Waals surface area contributed by atoms with Gasteiger partial charge in [0, 0.05) is 12.9 Å². The highest BCUT2D eigenvalue weighted by Gasteiger charge is 2.13. The third-order valence-corrected chi connectivity index (χ3v) is 1.73. The molecule has 1 amide bonds. The molecule has 0 atom stereocenters. The molecule has 1 aromatic carbocycles. The molecule has 1 rings (SSSR count). The minimum atomic E-state index is -0.296. The first-order chi connectivity index (χ1) is 5.75. The zero-order chi connectivity index (χ0) is 8.97. The van der Waals surface area contributed by atoms with E-state index >= 15 is 0 Å². The number of halogens is 1. The molecule has 2 N–H and O–H groups in total. The number of hydrogen-bond acceptors (Lipinski definition) is 3. The summed E-state index contributed by atoms with van der Waals surface area (Å²) in [4.78, 5) is 11.2. The second kappa shape index (κ2) is 4.47. The van der Waals surface area contributed by atoms with Crippen LogP contribution in [0, 0.1) is 0 Å². The number of primary amides is 1. The summed E-state index contributed by atoms with van der Waals surface area (Å²) in [5.41, 5.74) is 1.40. The Balaban J connectivity index is 2.87. The van der Waals surface area contributed by atoms with Crippen LogP contribution < -0.4 is 5.48 Å². The fraction of sp³-hybridized carbons (Fsp3) is 0. The molecule has 0 saturated heterocycles. The largest absolute Gasteiger partial charge is 0.377 e. The van der Waals surface area contributed by atoms with Crippen LogP contribution in [-0.2, 0) is 4.28 Å². The van der Waals surface area contributed by atoms with E-state index in [1.807, 2.05) is 0 Å². The van der Waals surface area contributed by atoms with Gasteiger partial charge in [-0.15, -0.1) is 9.76 Å². The average molecular weight is 205 g/mol. The molecule has 0 spiro atoms. The fourth-order valence-corrected chi connectivity index (χ4v) is 1.10. The number of thiol groups is 1. The van der Waals surface area contributed by atoms with Gasteiger partial charge in [-0.2, -0.15) is 0 Å². The van der Waals surface area contributed by atoms with Gasteiger partial charge in [-0.05, 0) is 12.1 Å². The predicted octanol–water partition coefficient (Wildman–Crippen LogP) is 0.820. The summed E-state index contributed by atoms with van der Waals surface area (Å²) >= 11 is 9.16. The van der Waals surface area contributed by atoms with Crippen molar-refractivity contribution < 1.29 is 14.6 Å². The molecule has 0 saturated carbocycles. The third-order valence-electron chi connectivity index (χ3n) is 1.30. The van der Waals surface area contributed by atoms with Crippen LogP contribution in [0.2, 0.25) is 5.02 Å². The lowest BCUT2D eigenvalue weighted by atomic mass is 10.2. The molecule has 0 unspecified atom stereocenters. The van der Waals surface area contributed by atoms with Crippen LogP contribution in [0.15, 0.2) is 24.3 Å². The molecule has 0 radical (unpaired) electrons. The number of hydroxylamine groups is 1. The summed E-state index contributed by atoms with van der Waals surface area (Å²) in [6.07, 6.45) is 0. The smallest absolute Gasteiger partial charge is 0.222 e. The number of rotatable bonds is 2. The second-order valence-corrected chi connectivity index (χ2v) is 2.69. The van der Waals surface area contributed by atoms with Crippen molar-refractivity contribution in [2.24, 2.45) is 0 Å². The van der Waals surface area contributed by atoms with Crippen molar-refractivity contribution in [3.63, 3.8) is 0 Å². The van der Waals surface area contributed by atoms with Crippen LogP contribution in [0.1, 0.15) is 10.4 Å². The minimum absolute atomic E-state index is 0.296. The lowest BCUT2D eigenvalue weighted by Gasteiger charge is -1.96. The van der Waals surface area contributed by atoms with Crippen LogP contribution in [0.25, 0.3) is 0 Å². The van der Waals surface area contributed by atoms with Gasteiger partial charge in [-0.1, -0.05) is 23.7 Å². The van der Waals surface area contributed by atoms with Gasteiger partial charge in [0.2, 0.25) is 0 Å². The minimum Gasteiger partial charge on any atom is -0.222 e. The number of hydrogen-bond donors (Lipinski definition) is 2. The summed E-state index contributed by atoms with van der Waals surface area (Å²) in [6, 6.07) is 6.74. The number of carbonyl (C=O) groups is 1. The van der Waals surface area contributed by atoms with E-state index in [0.717, 1.165) is 5.48 Å². The van der Waals surface area contributed by atoms with Gasteiger partial charge in [-0.25, -0.2) is 4.79 Å². The van der Waals surface area contributed by atoms with Crippen molar-refractivity contribution in [2.45, 2.75) is 0 Å². The number of nitrogens with two attached hydrogens (primary N) is 1. The van der Waals surface area contributed by atoms with Crippen molar-refractivity contribution in [3.05, 3.63) is 34.9 Å². The molecule has 0 bridgehead atoms. The standard InChI is InChI=1S/C7H6ClNO2S/c8-6-4-2-1-3-5(6)7(10)9-11-12/h1-4,12H,(H,9,10)/p+1. The molecule has 0 fully saturated rings. The van der Waals surface area contributed by atoms with E-state index in [1.54, 1.807) is 24.3 Å². The summed E-state index contributed by atoms with van der Waals surface area (Å²) in [5.74, 6) is -0.296. The lowest BCUT2D eigenvalue weighted by molar-refractivity contribution is -0.774. The highest BCUT2D eigenvalue weighted by Crippen LogP contribution is 2.13. The van der Waals surface area contributed by atoms with Crippen molar-refractivity contribution in [3.8, 4) is 0 Å². The van der Waals surface area contributed by atoms with Gasteiger partial charge in [0.1, 0.15) is 5.56 Å². The molecule has 0 aliphatic heterocycles. The predicted molar refractivity (Wildman–Crippen MR) is 47.8 cm³/mol. The number of amides is 1. The van der Waals surface area contributed by atoms with Crippen LogP contribution >= 0.6 is 24.5 Å². The maximum Gasteiger partial charge on any atom is 0.377 e. The molecule has 0 aromatic heterocycles. The fourth-order valence-electron chi connectivity index (χ4n) is 0.772. The van der Waals surface area contributed by atoms with Gasteiger partial charge in [0.05, 0.1) is 5.02 Å². The molecule has 0 heterocycles. The Morgan fingerprint density at radius 3 is 2.75 bits per heavy atom. The Labute approximate surface area is 80.2 Å². The molecule has 12 heavy (non-hydrogen) atoms. The molecule has 0 aliphatic carbocycles. The topological polar surface area (TPSA) is 42.9 Å². The van der Waals surface area contributed by atoms with Crippen molar-refractivity contribution in [1.82, 2.24) is 0 Å². The van der Waals surface area contributed by atoms with Gasteiger partial charge in [0.15, 0.2) is 0 Å². The lowest BCUT2D eigenvalue weighted by Crippen LogP contribution is -2.85. The summed E-state index contributed by atoms with van der Waals surface area (Å²) in [6.45, 7) is 0. The number of benzene rings is 1. The van der Waals surface area contributed by atoms with Gasteiger partial charge in [-0.3, -0.25) is 0 Å². The molecule has 3 nitrogen and oxygen atoms in total. The summed E-state index contributed by atoms with van der Waals surface area (Å²) < 4.78 is 4.27. The average Bonchev–Trinajstić information content (AvgIpc) is 2.05. The Kier molecular flexibility index (Phi) is 3.55. The summed E-state index contributed by atoms with van der Waals surface area (Å²) in [7, 11) is 0. The van der Waals surface area contributed by atoms with Crippen molar-refractivity contribution in [1.29, 1.82) is 0 Å². The second-order valence-electron chi connectivity index (χ2n) is 2.07. The first-order valence-corrected chi connectivity index (χ1v) is 3.92. The van der Waals surface area contributed by atoms with E-state index in [0.29, 0.717) is 10.6 Å². The normalized spacial score (nSPS) is 9.83. The molecule has 5 heteroatoms. The first-order valence-electron chi connectivity index (χ1n) is 3.18. The van der Waals surface area contributed by atoms with Crippen molar-refractivity contribution >= 4 is 30.4 Å². The van der Waals surface area contributed by atoms with E-state index < -0.39 is 0 Å². The van der Waals surface area contributed by atoms with Gasteiger partial charge < -0.3 is 0 Å². The monoisotopic (exact) mass is 204 g/mol. The quantitative estimate of drug-likeness (QED) is 0.426. The Morgan fingerprint density at radius 2 is 2.17 bits per heavy atom. The SMILES string of the molecule is O=C([NH2+]OS)c1ccccc1Cl. The van der Waals surface area contributed by atoms with Crippen LogP contribution in [0.3, 0.4) is 0 Å². The molecule has 64 valence electrons. The summed E-state index contributed by atoms with van der Waals surface area (Å²) in [5, 5.41) is 0.407. The van der Waals surface area contributed by atoms with E-state index in [1.165, 1.54) is 0 Å². The van der Waals surface area contributed by atoms with Gasteiger partial charge in [0.25, 0.3) is 0 Å². The van der Waals surface area contributed by atoms with Gasteiger partial charge >= 0.3 is 5.91 Å². The Morgan fingerprint density at radius 1 is 1.50 bits per heavy atom. The Bertz CT molecular complexity index is 292.